The third kappa shape index (κ3) is 10.5. The predicted octanol–water partition coefficient (Wildman–Crippen LogP) is 5.10. The van der Waals surface area contributed by atoms with Gasteiger partial charge in [-0.2, -0.15) is 0 Å². The smallest absolute Gasteiger partial charge is 0.303 e. The normalized spacial score (nSPS) is 31.7. The van der Waals surface area contributed by atoms with E-state index in [1.165, 1.54) is 0 Å². The molecule has 1 saturated heterocycles. The zero-order valence-corrected chi connectivity index (χ0v) is 13.2. The van der Waals surface area contributed by atoms with Crippen molar-refractivity contribution < 1.29 is 20.1 Å². The van der Waals surface area contributed by atoms with Crippen LogP contribution in [0.1, 0.15) is 89.5 Å². The lowest BCUT2D eigenvalue weighted by Crippen LogP contribution is -1.94. The fourth-order valence-corrected chi connectivity index (χ4v) is 2.23. The number of carboxylic acids is 1. The molecule has 122 valence electrons. The van der Waals surface area contributed by atoms with E-state index in [2.05, 4.69) is 6.92 Å². The van der Waals surface area contributed by atoms with Gasteiger partial charge >= 0.3 is 5.97 Å². The molecular formula is C18H32O3. The number of carboxylic acid groups (broad SMARTS) is 1. The summed E-state index contributed by atoms with van der Waals surface area (Å²) in [7, 11) is 0. The summed E-state index contributed by atoms with van der Waals surface area (Å²) >= 11 is 0. The molecular weight excluding hydrogens is 264 g/mol. The fraction of sp³-hybridized carbons (Fsp3) is 0.833. The van der Waals surface area contributed by atoms with Gasteiger partial charge in [-0.25, -0.2) is 0 Å². The van der Waals surface area contributed by atoms with E-state index in [0.29, 0.717) is 19.3 Å². The van der Waals surface area contributed by atoms with Gasteiger partial charge in [0.05, 0.1) is 17.6 Å². The van der Waals surface area contributed by atoms with Crippen LogP contribution in [0.15, 0.2) is 12.1 Å². The summed E-state index contributed by atoms with van der Waals surface area (Å²) in [5.74, 6) is -0.766. The van der Waals surface area contributed by atoms with Gasteiger partial charge in [-0.05, 0) is 32.1 Å². The van der Waals surface area contributed by atoms with E-state index in [1.54, 1.807) is 0 Å². The highest BCUT2D eigenvalue weighted by Gasteiger charge is 2.36. The molecule has 0 aromatic carbocycles. The average molecular weight is 300 g/mol. The van der Waals surface area contributed by atoms with Gasteiger partial charge in [0.15, 0.2) is 0 Å². The maximum Gasteiger partial charge on any atom is 0.303 e. The van der Waals surface area contributed by atoms with Crippen LogP contribution in [0.3, 0.4) is 0 Å². The molecule has 1 aliphatic rings. The Morgan fingerprint density at radius 1 is 1.14 bits per heavy atom. The van der Waals surface area contributed by atoms with Crippen molar-refractivity contribution in [1.29, 1.82) is 0 Å². The fourth-order valence-electron chi connectivity index (χ4n) is 2.23. The largest absolute Gasteiger partial charge is 0.481 e. The summed E-state index contributed by atoms with van der Waals surface area (Å²) in [4.78, 5) is 10.4. The number of ether oxygens (including phenoxy) is 1. The van der Waals surface area contributed by atoms with E-state index in [4.69, 9.17) is 15.3 Å². The molecule has 1 aliphatic heterocycles. The molecule has 1 rings (SSSR count). The number of hydrogen-bond donors (Lipinski definition) is 1. The van der Waals surface area contributed by atoms with Gasteiger partial charge in [0, 0.05) is 6.42 Å². The van der Waals surface area contributed by atoms with Crippen LogP contribution in [0.2, 0.25) is 0 Å². The maximum absolute atomic E-state index is 10.4. The van der Waals surface area contributed by atoms with Crippen LogP contribution in [0.5, 0.6) is 0 Å². The lowest BCUT2D eigenvalue weighted by atomic mass is 10.1. The summed E-state index contributed by atoms with van der Waals surface area (Å²) in [5, 5.41) is 8.57. The van der Waals surface area contributed by atoms with Crippen molar-refractivity contribution in [3.05, 3.63) is 12.1 Å². The van der Waals surface area contributed by atoms with Crippen LogP contribution in [0.4, 0.5) is 0 Å². The van der Waals surface area contributed by atoms with Crippen LogP contribution in [-0.4, -0.2) is 23.2 Å². The average Bonchev–Trinajstić information content (AvgIpc) is 3.06. The highest BCUT2D eigenvalue weighted by Crippen LogP contribution is 2.30. The number of unbranched alkanes of at least 4 members (excludes halogenated alkanes) is 6. The van der Waals surface area contributed by atoms with Gasteiger partial charge in [0.25, 0.3) is 0 Å². The Balaban J connectivity index is 2.27. The van der Waals surface area contributed by atoms with Crippen molar-refractivity contribution >= 4 is 5.97 Å². The molecule has 0 aromatic heterocycles. The van der Waals surface area contributed by atoms with Gasteiger partial charge in [-0.15, -0.1) is 0 Å². The summed E-state index contributed by atoms with van der Waals surface area (Å²) in [6.45, 7) is 2.09. The summed E-state index contributed by atoms with van der Waals surface area (Å²) in [6, 6.07) is 0.380. The topological polar surface area (TPSA) is 49.8 Å². The van der Waals surface area contributed by atoms with E-state index in [-0.39, 0.29) is 24.9 Å². The molecule has 1 fully saturated rings. The minimum absolute atomic E-state index is 0.0140. The van der Waals surface area contributed by atoms with E-state index in [0.717, 1.165) is 44.9 Å². The van der Waals surface area contributed by atoms with Crippen LogP contribution >= 0.6 is 0 Å². The van der Waals surface area contributed by atoms with E-state index >= 15 is 0 Å². The molecule has 0 bridgehead atoms. The van der Waals surface area contributed by atoms with Crippen molar-refractivity contribution in [2.45, 2.75) is 96.1 Å². The number of hydrogen-bond acceptors (Lipinski definition) is 2. The molecule has 3 heteroatoms. The van der Waals surface area contributed by atoms with Crippen molar-refractivity contribution in [2.24, 2.45) is 0 Å². The molecule has 0 aliphatic carbocycles. The third-order valence-corrected chi connectivity index (χ3v) is 3.59. The van der Waals surface area contributed by atoms with Gasteiger partial charge in [0.1, 0.15) is 0 Å². The Bertz CT molecular complexity index is 469. The first-order chi connectivity index (χ1) is 11.7. The highest BCUT2D eigenvalue weighted by molar-refractivity contribution is 5.66. The van der Waals surface area contributed by atoms with Crippen molar-refractivity contribution in [3.8, 4) is 0 Å². The molecule has 1 heterocycles. The summed E-state index contributed by atoms with van der Waals surface area (Å²) in [6.07, 6.45) is 5.69. The van der Waals surface area contributed by atoms with Gasteiger partial charge in [-0.1, -0.05) is 57.6 Å². The molecule has 3 nitrogen and oxygen atoms in total. The molecule has 1 N–H and O–H groups in total. The highest BCUT2D eigenvalue weighted by atomic mass is 16.6. The summed E-state index contributed by atoms with van der Waals surface area (Å²) < 4.78 is 37.6. The quantitative estimate of drug-likeness (QED) is 0.276. The van der Waals surface area contributed by atoms with Gasteiger partial charge in [0.2, 0.25) is 0 Å². The van der Waals surface area contributed by atoms with Crippen LogP contribution in [0, 0.1) is 0 Å². The number of carbonyl (C=O) groups is 1. The Labute approximate surface area is 135 Å². The Kier molecular flexibility index (Phi) is 7.12. The van der Waals surface area contributed by atoms with Crippen molar-refractivity contribution in [1.82, 2.24) is 0 Å². The Hall–Kier alpha value is -0.830. The van der Waals surface area contributed by atoms with Crippen LogP contribution < -0.4 is 0 Å². The third-order valence-electron chi connectivity index (χ3n) is 3.59. The molecule has 0 amide bonds. The molecule has 0 aromatic rings. The number of allylic oxidation sites excluding steroid dienone is 1. The summed E-state index contributed by atoms with van der Waals surface area (Å²) in [5.41, 5.74) is 0. The van der Waals surface area contributed by atoms with Gasteiger partial charge in [-0.3, -0.25) is 4.79 Å². The first kappa shape index (κ1) is 12.7. The molecule has 2 atom stereocenters. The first-order valence-corrected chi connectivity index (χ1v) is 8.31. The van der Waals surface area contributed by atoms with E-state index < -0.39 is 18.1 Å². The maximum atomic E-state index is 10.4. The molecule has 21 heavy (non-hydrogen) atoms. The van der Waals surface area contributed by atoms with Crippen molar-refractivity contribution in [3.63, 3.8) is 0 Å². The van der Waals surface area contributed by atoms with E-state index in [1.807, 2.05) is 0 Å². The zero-order valence-electron chi connectivity index (χ0n) is 17.2. The predicted molar refractivity (Wildman–Crippen MR) is 86.5 cm³/mol. The van der Waals surface area contributed by atoms with Crippen molar-refractivity contribution in [2.75, 3.05) is 0 Å². The van der Waals surface area contributed by atoms with Gasteiger partial charge < -0.3 is 9.84 Å². The zero-order chi connectivity index (χ0) is 18.9. The first-order valence-electron chi connectivity index (χ1n) is 10.3. The lowest BCUT2D eigenvalue weighted by Gasteiger charge is -1.99. The SMILES string of the molecule is [2H]/C(CCCCC)=C(\[2H])C[C@@]1([2H])O[C@@]1([2H])CCCCCCCC(=O)O. The monoisotopic (exact) mass is 300 g/mol. The molecule has 0 spiro atoms. The van der Waals surface area contributed by atoms with Crippen LogP contribution in [0.25, 0.3) is 0 Å². The standard InChI is InChI=1S/C18H32O3/c1-2-3-4-5-7-10-13-16-17(21-16)14-11-8-6-9-12-15-18(19)20/h7,10,16-17H,2-6,8-9,11-15H2,1H3,(H,19,20)/b10-7-/t16-,17+/m1/s1/i7D,10D,16D,17D. The van der Waals surface area contributed by atoms with E-state index in [9.17, 15) is 4.79 Å². The van der Waals surface area contributed by atoms with Crippen LogP contribution in [-0.2, 0) is 9.53 Å². The second-order valence-electron chi connectivity index (χ2n) is 5.60. The lowest BCUT2D eigenvalue weighted by molar-refractivity contribution is -0.137. The Morgan fingerprint density at radius 3 is 2.67 bits per heavy atom. The molecule has 0 radical (unpaired) electrons. The Morgan fingerprint density at radius 2 is 1.90 bits per heavy atom. The number of epoxide rings is 1. The second-order valence-corrected chi connectivity index (χ2v) is 5.60. The minimum Gasteiger partial charge on any atom is -0.481 e. The molecule has 0 saturated carbocycles. The number of aliphatic carboxylic acids is 1. The second kappa shape index (κ2) is 11.8. The molecule has 0 unspecified atom stereocenters. The number of rotatable bonds is 14. The minimum atomic E-state index is -1.38.